The Morgan fingerprint density at radius 2 is 1.67 bits per heavy atom. The van der Waals surface area contributed by atoms with Crippen molar-refractivity contribution in [3.05, 3.63) is 59.2 Å². The van der Waals surface area contributed by atoms with E-state index in [1.807, 2.05) is 12.1 Å². The van der Waals surface area contributed by atoms with Gasteiger partial charge in [-0.1, -0.05) is 32.9 Å². The third kappa shape index (κ3) is 3.63. The number of rotatable bonds is 3. The number of hydrogen-bond donors (Lipinski definition) is 2. The van der Waals surface area contributed by atoms with Crippen molar-refractivity contribution in [2.75, 3.05) is 0 Å². The van der Waals surface area contributed by atoms with Crippen LogP contribution < -0.4 is 10.5 Å². The molecular formula is C18H22N2O. The van der Waals surface area contributed by atoms with E-state index >= 15 is 0 Å². The Bertz CT molecular complexity index is 652. The predicted molar refractivity (Wildman–Crippen MR) is 87.4 cm³/mol. The quantitative estimate of drug-likeness (QED) is 0.648. The zero-order valence-electron chi connectivity index (χ0n) is 13.0. The normalized spacial score (nSPS) is 11.2. The van der Waals surface area contributed by atoms with Gasteiger partial charge in [0, 0.05) is 11.1 Å². The maximum atomic E-state index is 7.41. The van der Waals surface area contributed by atoms with Crippen molar-refractivity contribution in [1.82, 2.24) is 0 Å². The molecule has 0 heterocycles. The fourth-order valence-corrected chi connectivity index (χ4v) is 2.16. The van der Waals surface area contributed by atoms with Gasteiger partial charge in [-0.05, 0) is 48.2 Å². The van der Waals surface area contributed by atoms with Crippen molar-refractivity contribution in [2.45, 2.75) is 33.1 Å². The Morgan fingerprint density at radius 3 is 2.19 bits per heavy atom. The molecule has 0 fully saturated rings. The highest BCUT2D eigenvalue weighted by molar-refractivity contribution is 5.94. The molecule has 3 heteroatoms. The average Bonchev–Trinajstić information content (AvgIpc) is 2.38. The molecule has 0 amide bonds. The van der Waals surface area contributed by atoms with Gasteiger partial charge in [-0.15, -0.1) is 0 Å². The first kappa shape index (κ1) is 15.1. The van der Waals surface area contributed by atoms with Crippen molar-refractivity contribution < 1.29 is 4.74 Å². The molecule has 2 rings (SSSR count). The lowest BCUT2D eigenvalue weighted by Gasteiger charge is -2.23. The van der Waals surface area contributed by atoms with Crippen LogP contribution in [0.1, 0.15) is 37.5 Å². The minimum atomic E-state index is 0.0162. The molecule has 0 radical (unpaired) electrons. The second-order valence-corrected chi connectivity index (χ2v) is 6.29. The van der Waals surface area contributed by atoms with Crippen LogP contribution in [-0.2, 0) is 5.41 Å². The Labute approximate surface area is 126 Å². The molecule has 0 bridgehead atoms. The van der Waals surface area contributed by atoms with Crippen LogP contribution in [0.3, 0.4) is 0 Å². The van der Waals surface area contributed by atoms with Crippen LogP contribution in [0.5, 0.6) is 11.5 Å². The van der Waals surface area contributed by atoms with Gasteiger partial charge in [0.05, 0.1) is 0 Å². The van der Waals surface area contributed by atoms with E-state index in [1.54, 1.807) is 12.1 Å². The summed E-state index contributed by atoms with van der Waals surface area (Å²) < 4.78 is 6.04. The second kappa shape index (κ2) is 5.60. The van der Waals surface area contributed by atoms with Gasteiger partial charge in [0.25, 0.3) is 0 Å². The van der Waals surface area contributed by atoms with Crippen LogP contribution in [0.25, 0.3) is 0 Å². The lowest BCUT2D eigenvalue weighted by atomic mass is 9.86. The highest BCUT2D eigenvalue weighted by Crippen LogP contribution is 2.34. The second-order valence-electron chi connectivity index (χ2n) is 6.29. The van der Waals surface area contributed by atoms with Crippen LogP contribution in [0.15, 0.2) is 42.5 Å². The first-order valence-electron chi connectivity index (χ1n) is 7.01. The highest BCUT2D eigenvalue weighted by Gasteiger charge is 2.19. The molecule has 2 aromatic rings. The van der Waals surface area contributed by atoms with Crippen molar-refractivity contribution in [3.63, 3.8) is 0 Å². The van der Waals surface area contributed by atoms with Crippen molar-refractivity contribution in [3.8, 4) is 11.5 Å². The van der Waals surface area contributed by atoms with E-state index in [-0.39, 0.29) is 11.3 Å². The summed E-state index contributed by atoms with van der Waals surface area (Å²) >= 11 is 0. The molecule has 0 aliphatic heterocycles. The van der Waals surface area contributed by atoms with Gasteiger partial charge < -0.3 is 10.5 Å². The first-order chi connectivity index (χ1) is 9.77. The molecule has 110 valence electrons. The highest BCUT2D eigenvalue weighted by atomic mass is 16.5. The topological polar surface area (TPSA) is 59.1 Å². The fourth-order valence-electron chi connectivity index (χ4n) is 2.16. The number of hydrogen-bond acceptors (Lipinski definition) is 2. The van der Waals surface area contributed by atoms with Gasteiger partial charge in [0.15, 0.2) is 0 Å². The van der Waals surface area contributed by atoms with Gasteiger partial charge in [-0.2, -0.15) is 0 Å². The molecule has 0 saturated carbocycles. The Kier molecular flexibility index (Phi) is 4.03. The molecule has 0 atom stereocenters. The summed E-state index contributed by atoms with van der Waals surface area (Å²) in [5.74, 6) is 1.68. The number of nitrogen functional groups attached to an aromatic ring is 1. The molecule has 0 spiro atoms. The third-order valence-corrected chi connectivity index (χ3v) is 3.34. The Hall–Kier alpha value is -2.29. The number of benzene rings is 2. The van der Waals surface area contributed by atoms with E-state index in [1.165, 1.54) is 11.1 Å². The van der Waals surface area contributed by atoms with Gasteiger partial charge in [0.2, 0.25) is 0 Å². The molecule has 0 unspecified atom stereocenters. The summed E-state index contributed by atoms with van der Waals surface area (Å²) in [6.45, 7) is 8.56. The van der Waals surface area contributed by atoms with Crippen LogP contribution in [0, 0.1) is 12.3 Å². The van der Waals surface area contributed by atoms with Crippen molar-refractivity contribution in [2.24, 2.45) is 5.73 Å². The van der Waals surface area contributed by atoms with Crippen molar-refractivity contribution in [1.29, 1.82) is 5.41 Å². The lowest BCUT2D eigenvalue weighted by Crippen LogP contribution is -2.12. The molecule has 2 aromatic carbocycles. The van der Waals surface area contributed by atoms with Crippen LogP contribution in [0.2, 0.25) is 0 Å². The SMILES string of the molecule is Cc1ccc(C(C)(C)C)c(Oc2ccc(C(=N)N)cc2)c1. The van der Waals surface area contributed by atoms with E-state index in [2.05, 4.69) is 45.9 Å². The van der Waals surface area contributed by atoms with Gasteiger partial charge in [-0.3, -0.25) is 5.41 Å². The van der Waals surface area contributed by atoms with Crippen LogP contribution in [-0.4, -0.2) is 5.84 Å². The van der Waals surface area contributed by atoms with E-state index in [0.717, 1.165) is 11.5 Å². The Morgan fingerprint density at radius 1 is 1.05 bits per heavy atom. The zero-order valence-corrected chi connectivity index (χ0v) is 13.0. The van der Waals surface area contributed by atoms with Gasteiger partial charge in [0.1, 0.15) is 17.3 Å². The molecule has 3 nitrogen and oxygen atoms in total. The van der Waals surface area contributed by atoms with Crippen molar-refractivity contribution >= 4 is 5.84 Å². The fraction of sp³-hybridized carbons (Fsp3) is 0.278. The summed E-state index contributed by atoms with van der Waals surface area (Å²) in [6.07, 6.45) is 0. The van der Waals surface area contributed by atoms with Crippen LogP contribution >= 0.6 is 0 Å². The number of aryl methyl sites for hydroxylation is 1. The summed E-state index contributed by atoms with van der Waals surface area (Å²) in [5, 5.41) is 7.41. The smallest absolute Gasteiger partial charge is 0.131 e. The molecule has 3 N–H and O–H groups in total. The number of nitrogens with one attached hydrogen (secondary N) is 1. The lowest BCUT2D eigenvalue weighted by molar-refractivity contribution is 0.455. The van der Waals surface area contributed by atoms with E-state index in [0.29, 0.717) is 5.56 Å². The summed E-state index contributed by atoms with van der Waals surface area (Å²) in [5.41, 5.74) is 8.51. The minimum Gasteiger partial charge on any atom is -0.457 e. The number of amidine groups is 1. The molecule has 0 saturated heterocycles. The largest absolute Gasteiger partial charge is 0.457 e. The first-order valence-corrected chi connectivity index (χ1v) is 7.01. The molecule has 0 aromatic heterocycles. The average molecular weight is 282 g/mol. The van der Waals surface area contributed by atoms with Crippen LogP contribution in [0.4, 0.5) is 0 Å². The maximum Gasteiger partial charge on any atom is 0.131 e. The van der Waals surface area contributed by atoms with E-state index in [9.17, 15) is 0 Å². The molecule has 0 aliphatic carbocycles. The summed E-state index contributed by atoms with van der Waals surface area (Å²) in [4.78, 5) is 0. The number of nitrogens with two attached hydrogens (primary N) is 1. The Balaban J connectivity index is 2.34. The molecule has 0 aliphatic rings. The maximum absolute atomic E-state index is 7.41. The van der Waals surface area contributed by atoms with Gasteiger partial charge >= 0.3 is 0 Å². The summed E-state index contributed by atoms with van der Waals surface area (Å²) in [6, 6.07) is 13.5. The van der Waals surface area contributed by atoms with Gasteiger partial charge in [-0.25, -0.2) is 0 Å². The van der Waals surface area contributed by atoms with E-state index in [4.69, 9.17) is 15.9 Å². The zero-order chi connectivity index (χ0) is 15.6. The summed E-state index contributed by atoms with van der Waals surface area (Å²) in [7, 11) is 0. The molecule has 21 heavy (non-hydrogen) atoms. The number of ether oxygens (including phenoxy) is 1. The minimum absolute atomic E-state index is 0.0162. The monoisotopic (exact) mass is 282 g/mol. The predicted octanol–water partition coefficient (Wildman–Crippen LogP) is 4.37. The third-order valence-electron chi connectivity index (χ3n) is 3.34. The standard InChI is InChI=1S/C18H22N2O/c1-12-5-10-15(18(2,3)4)16(11-12)21-14-8-6-13(7-9-14)17(19)20/h5-11H,1-4H3,(H3,19,20). The van der Waals surface area contributed by atoms with E-state index < -0.39 is 0 Å². The molecular weight excluding hydrogens is 260 g/mol.